The predicted octanol–water partition coefficient (Wildman–Crippen LogP) is 3.38. The van der Waals surface area contributed by atoms with Crippen LogP contribution in [0.4, 0.5) is 11.4 Å². The van der Waals surface area contributed by atoms with E-state index in [1.165, 1.54) is 0 Å². The fourth-order valence-electron chi connectivity index (χ4n) is 3.08. The second-order valence-electron chi connectivity index (χ2n) is 6.10. The monoisotopic (exact) mass is 397 g/mol. The zero-order valence-electron chi connectivity index (χ0n) is 14.7. The van der Waals surface area contributed by atoms with Gasteiger partial charge in [0.1, 0.15) is 5.75 Å². The van der Waals surface area contributed by atoms with Gasteiger partial charge in [0.15, 0.2) is 0 Å². The molecule has 5 nitrogen and oxygen atoms in total. The van der Waals surface area contributed by atoms with Crippen molar-refractivity contribution in [2.75, 3.05) is 37.4 Å². The van der Waals surface area contributed by atoms with E-state index in [0.29, 0.717) is 23.7 Å². The van der Waals surface area contributed by atoms with Gasteiger partial charge in [0, 0.05) is 37.1 Å². The summed E-state index contributed by atoms with van der Waals surface area (Å²) in [6, 6.07) is 15.2. The fraction of sp³-hybridized carbons (Fsp3) is 0.316. The van der Waals surface area contributed by atoms with Crippen molar-refractivity contribution < 1.29 is 9.53 Å². The molecule has 3 rings (SSSR count). The second-order valence-corrected chi connectivity index (χ2v) is 6.10. The molecule has 1 aliphatic heterocycles. The molecule has 0 aliphatic carbocycles. The van der Waals surface area contributed by atoms with Crippen LogP contribution in [-0.4, -0.2) is 32.7 Å². The van der Waals surface area contributed by atoms with Gasteiger partial charge < -0.3 is 20.7 Å². The first-order valence-electron chi connectivity index (χ1n) is 8.19. The van der Waals surface area contributed by atoms with Gasteiger partial charge in [0.05, 0.1) is 12.7 Å². The van der Waals surface area contributed by atoms with Crippen LogP contribution in [0.3, 0.4) is 0 Å². The summed E-state index contributed by atoms with van der Waals surface area (Å²) in [6.07, 6.45) is 1.06. The van der Waals surface area contributed by atoms with Crippen LogP contribution >= 0.6 is 24.8 Å². The molecule has 0 spiro atoms. The standard InChI is InChI=1S/C19H23N3O2.2ClH/c1-24-16-6-4-5-15(11-16)22-10-9-14(13-22)12-21-19(23)17-7-2-3-8-18(17)20;;/h2-8,11,14H,9-10,12-13,20H2,1H3,(H,21,23);2*1H. The molecule has 1 amide bonds. The van der Waals surface area contributed by atoms with Gasteiger partial charge >= 0.3 is 0 Å². The highest BCUT2D eigenvalue weighted by molar-refractivity contribution is 5.99. The normalized spacial score (nSPS) is 15.6. The molecule has 1 aliphatic rings. The lowest BCUT2D eigenvalue weighted by Gasteiger charge is -2.19. The highest BCUT2D eigenvalue weighted by Crippen LogP contribution is 2.26. The molecule has 0 aromatic heterocycles. The first kappa shape index (κ1) is 21.9. The van der Waals surface area contributed by atoms with Gasteiger partial charge in [-0.3, -0.25) is 4.79 Å². The summed E-state index contributed by atoms with van der Waals surface area (Å²) in [6.45, 7) is 2.58. The summed E-state index contributed by atoms with van der Waals surface area (Å²) < 4.78 is 5.28. The lowest BCUT2D eigenvalue weighted by molar-refractivity contribution is 0.0949. The average molecular weight is 398 g/mol. The maximum Gasteiger partial charge on any atom is 0.253 e. The Morgan fingerprint density at radius 3 is 2.73 bits per heavy atom. The van der Waals surface area contributed by atoms with Gasteiger partial charge in [-0.05, 0) is 36.6 Å². The Labute approximate surface area is 166 Å². The maximum absolute atomic E-state index is 12.2. The number of carbonyl (C=O) groups is 1. The van der Waals surface area contributed by atoms with E-state index in [9.17, 15) is 4.79 Å². The van der Waals surface area contributed by atoms with Crippen LogP contribution in [0.25, 0.3) is 0 Å². The Hall–Kier alpha value is -2.11. The van der Waals surface area contributed by atoms with Gasteiger partial charge in [0.25, 0.3) is 5.91 Å². The lowest BCUT2D eigenvalue weighted by atomic mass is 10.1. The first-order valence-corrected chi connectivity index (χ1v) is 8.19. The number of nitrogens with zero attached hydrogens (tertiary/aromatic N) is 1. The molecule has 1 heterocycles. The molecule has 0 bridgehead atoms. The number of amides is 1. The van der Waals surface area contributed by atoms with Crippen molar-refractivity contribution in [1.29, 1.82) is 0 Å². The number of nitrogen functional groups attached to an aromatic ring is 1. The summed E-state index contributed by atoms with van der Waals surface area (Å²) >= 11 is 0. The molecule has 0 saturated carbocycles. The summed E-state index contributed by atoms with van der Waals surface area (Å²) in [5.74, 6) is 1.20. The number of benzene rings is 2. The number of anilines is 2. The quantitative estimate of drug-likeness (QED) is 0.758. The first-order chi connectivity index (χ1) is 11.7. The number of ether oxygens (including phenoxy) is 1. The highest BCUT2D eigenvalue weighted by Gasteiger charge is 2.23. The molecular formula is C19H25Cl2N3O2. The lowest BCUT2D eigenvalue weighted by Crippen LogP contribution is -2.31. The van der Waals surface area contributed by atoms with Crippen LogP contribution in [0.1, 0.15) is 16.8 Å². The number of nitrogens with two attached hydrogens (primary N) is 1. The molecule has 1 unspecified atom stereocenters. The Balaban J connectivity index is 0.00000169. The van der Waals surface area contributed by atoms with E-state index in [4.69, 9.17) is 10.5 Å². The summed E-state index contributed by atoms with van der Waals surface area (Å²) in [5, 5.41) is 3.01. The van der Waals surface area contributed by atoms with Gasteiger partial charge in [-0.25, -0.2) is 0 Å². The van der Waals surface area contributed by atoms with Gasteiger partial charge in [-0.2, -0.15) is 0 Å². The van der Waals surface area contributed by atoms with Crippen molar-refractivity contribution in [1.82, 2.24) is 5.32 Å². The van der Waals surface area contributed by atoms with Crippen molar-refractivity contribution in [3.63, 3.8) is 0 Å². The van der Waals surface area contributed by atoms with E-state index in [2.05, 4.69) is 16.3 Å². The van der Waals surface area contributed by atoms with Crippen molar-refractivity contribution in [3.8, 4) is 5.75 Å². The molecule has 1 saturated heterocycles. The number of halogens is 2. The number of rotatable bonds is 5. The number of methoxy groups -OCH3 is 1. The van der Waals surface area contributed by atoms with E-state index in [-0.39, 0.29) is 30.7 Å². The summed E-state index contributed by atoms with van der Waals surface area (Å²) in [7, 11) is 1.68. The molecule has 142 valence electrons. The number of carbonyl (C=O) groups excluding carboxylic acids is 1. The summed E-state index contributed by atoms with van der Waals surface area (Å²) in [5.41, 5.74) is 8.07. The Bertz CT molecular complexity index is 727. The fourth-order valence-corrected chi connectivity index (χ4v) is 3.08. The maximum atomic E-state index is 12.2. The van der Waals surface area contributed by atoms with Crippen molar-refractivity contribution in [2.24, 2.45) is 5.92 Å². The topological polar surface area (TPSA) is 67.6 Å². The minimum Gasteiger partial charge on any atom is -0.497 e. The van der Waals surface area contributed by atoms with E-state index in [1.807, 2.05) is 30.3 Å². The number of nitrogens with one attached hydrogen (secondary N) is 1. The van der Waals surface area contributed by atoms with Crippen LogP contribution in [0.15, 0.2) is 48.5 Å². The van der Waals surface area contributed by atoms with Gasteiger partial charge in [-0.15, -0.1) is 24.8 Å². The average Bonchev–Trinajstić information content (AvgIpc) is 3.09. The Kier molecular flexibility index (Phi) is 8.55. The third kappa shape index (κ3) is 5.19. The van der Waals surface area contributed by atoms with Crippen molar-refractivity contribution in [2.45, 2.75) is 6.42 Å². The minimum absolute atomic E-state index is 0. The van der Waals surface area contributed by atoms with Crippen LogP contribution in [0.5, 0.6) is 5.75 Å². The molecule has 2 aromatic rings. The third-order valence-electron chi connectivity index (χ3n) is 4.46. The SMILES string of the molecule is COc1cccc(N2CCC(CNC(=O)c3ccccc3N)C2)c1.Cl.Cl. The Morgan fingerprint density at radius 1 is 1.23 bits per heavy atom. The minimum atomic E-state index is -0.104. The third-order valence-corrected chi connectivity index (χ3v) is 4.46. The molecular weight excluding hydrogens is 373 g/mol. The molecule has 3 N–H and O–H groups in total. The highest BCUT2D eigenvalue weighted by atomic mass is 35.5. The predicted molar refractivity (Wildman–Crippen MR) is 111 cm³/mol. The smallest absolute Gasteiger partial charge is 0.253 e. The second kappa shape index (κ2) is 10.1. The molecule has 1 atom stereocenters. The number of para-hydroxylation sites is 1. The van der Waals surface area contributed by atoms with Crippen LogP contribution in [-0.2, 0) is 0 Å². The van der Waals surface area contributed by atoms with E-state index >= 15 is 0 Å². The molecule has 1 fully saturated rings. The van der Waals surface area contributed by atoms with Crippen LogP contribution in [0.2, 0.25) is 0 Å². The molecule has 7 heteroatoms. The largest absolute Gasteiger partial charge is 0.497 e. The number of hydrogen-bond acceptors (Lipinski definition) is 4. The van der Waals surface area contributed by atoms with E-state index in [0.717, 1.165) is 30.9 Å². The Morgan fingerprint density at radius 2 is 2.00 bits per heavy atom. The zero-order valence-corrected chi connectivity index (χ0v) is 16.3. The molecule has 0 radical (unpaired) electrons. The van der Waals surface area contributed by atoms with Crippen molar-refractivity contribution >= 4 is 42.1 Å². The summed E-state index contributed by atoms with van der Waals surface area (Å²) in [4.78, 5) is 14.6. The van der Waals surface area contributed by atoms with Crippen molar-refractivity contribution in [3.05, 3.63) is 54.1 Å². The van der Waals surface area contributed by atoms with Crippen LogP contribution in [0, 0.1) is 5.92 Å². The van der Waals surface area contributed by atoms with E-state index < -0.39 is 0 Å². The number of hydrogen-bond donors (Lipinski definition) is 2. The van der Waals surface area contributed by atoms with Gasteiger partial charge in [-0.1, -0.05) is 18.2 Å². The molecule has 26 heavy (non-hydrogen) atoms. The zero-order chi connectivity index (χ0) is 16.9. The van der Waals surface area contributed by atoms with Crippen LogP contribution < -0.4 is 20.7 Å². The van der Waals surface area contributed by atoms with Gasteiger partial charge in [0.2, 0.25) is 0 Å². The molecule has 2 aromatic carbocycles. The van der Waals surface area contributed by atoms with E-state index in [1.54, 1.807) is 19.2 Å².